The van der Waals surface area contributed by atoms with Gasteiger partial charge in [-0.15, -0.1) is 0 Å². The van der Waals surface area contributed by atoms with E-state index in [1.165, 1.54) is 0 Å². The Kier molecular flexibility index (Phi) is 3.53. The Morgan fingerprint density at radius 1 is 1.33 bits per heavy atom. The van der Waals surface area contributed by atoms with Crippen molar-refractivity contribution in [2.45, 2.75) is 33.2 Å². The van der Waals surface area contributed by atoms with Gasteiger partial charge in [0.05, 0.1) is 5.52 Å². The van der Waals surface area contributed by atoms with Gasteiger partial charge in [0.15, 0.2) is 0 Å². The summed E-state index contributed by atoms with van der Waals surface area (Å²) in [6.45, 7) is 5.89. The minimum Gasteiger partial charge on any atom is -0.324 e. The lowest BCUT2D eigenvalue weighted by Gasteiger charge is -2.13. The SMILES string of the molecule is CC(=O)n1cc([C@H](N)CC(C)C)c2ccccc21. The van der Waals surface area contributed by atoms with Gasteiger partial charge in [-0.05, 0) is 24.0 Å². The van der Waals surface area contributed by atoms with Gasteiger partial charge >= 0.3 is 0 Å². The molecule has 18 heavy (non-hydrogen) atoms. The summed E-state index contributed by atoms with van der Waals surface area (Å²) in [4.78, 5) is 11.6. The Balaban J connectivity index is 2.54. The van der Waals surface area contributed by atoms with E-state index in [2.05, 4.69) is 13.8 Å². The number of aromatic nitrogens is 1. The van der Waals surface area contributed by atoms with Gasteiger partial charge in [0.25, 0.3) is 0 Å². The fourth-order valence-corrected chi connectivity index (χ4v) is 2.40. The summed E-state index contributed by atoms with van der Waals surface area (Å²) >= 11 is 0. The van der Waals surface area contributed by atoms with Gasteiger partial charge in [-0.1, -0.05) is 32.0 Å². The molecule has 0 spiro atoms. The topological polar surface area (TPSA) is 48.0 Å². The highest BCUT2D eigenvalue weighted by Crippen LogP contribution is 2.28. The molecule has 2 N–H and O–H groups in total. The van der Waals surface area contributed by atoms with E-state index in [4.69, 9.17) is 5.73 Å². The molecule has 0 aliphatic heterocycles. The molecule has 0 saturated carbocycles. The molecule has 0 fully saturated rings. The van der Waals surface area contributed by atoms with Crippen LogP contribution in [0.15, 0.2) is 30.5 Å². The maximum absolute atomic E-state index is 11.6. The van der Waals surface area contributed by atoms with Gasteiger partial charge in [0, 0.05) is 24.5 Å². The Bertz CT molecular complexity index is 569. The van der Waals surface area contributed by atoms with E-state index in [1.54, 1.807) is 11.5 Å². The normalized spacial score (nSPS) is 13.2. The summed E-state index contributed by atoms with van der Waals surface area (Å²) in [5.41, 5.74) is 8.26. The van der Waals surface area contributed by atoms with Gasteiger partial charge in [-0.3, -0.25) is 9.36 Å². The number of carbonyl (C=O) groups excluding carboxylic acids is 1. The smallest absolute Gasteiger partial charge is 0.227 e. The predicted molar refractivity (Wildman–Crippen MR) is 74.6 cm³/mol. The van der Waals surface area contributed by atoms with Crippen molar-refractivity contribution >= 4 is 16.8 Å². The first kappa shape index (κ1) is 12.8. The van der Waals surface area contributed by atoms with Crippen LogP contribution < -0.4 is 5.73 Å². The summed E-state index contributed by atoms with van der Waals surface area (Å²) in [6, 6.07) is 7.90. The summed E-state index contributed by atoms with van der Waals surface area (Å²) in [5.74, 6) is 0.564. The molecule has 3 heteroatoms. The number of hydrogen-bond acceptors (Lipinski definition) is 2. The zero-order chi connectivity index (χ0) is 13.3. The van der Waals surface area contributed by atoms with E-state index in [0.717, 1.165) is 22.9 Å². The fraction of sp³-hybridized carbons (Fsp3) is 0.400. The molecule has 0 radical (unpaired) electrons. The van der Waals surface area contributed by atoms with Gasteiger partial charge in [0.2, 0.25) is 5.91 Å². The molecule has 0 aliphatic rings. The largest absolute Gasteiger partial charge is 0.324 e. The number of nitrogens with zero attached hydrogens (tertiary/aromatic N) is 1. The van der Waals surface area contributed by atoms with Crippen LogP contribution in [0.3, 0.4) is 0 Å². The third-order valence-corrected chi connectivity index (χ3v) is 3.21. The van der Waals surface area contributed by atoms with E-state index in [0.29, 0.717) is 5.92 Å². The van der Waals surface area contributed by atoms with Crippen LogP contribution in [0.4, 0.5) is 0 Å². The highest BCUT2D eigenvalue weighted by Gasteiger charge is 2.16. The fourth-order valence-electron chi connectivity index (χ4n) is 2.40. The average molecular weight is 244 g/mol. The van der Waals surface area contributed by atoms with Crippen molar-refractivity contribution in [2.24, 2.45) is 11.7 Å². The molecule has 1 aromatic carbocycles. The first-order valence-electron chi connectivity index (χ1n) is 6.37. The molecule has 1 heterocycles. The highest BCUT2D eigenvalue weighted by atomic mass is 16.1. The van der Waals surface area contributed by atoms with Crippen LogP contribution in [0.25, 0.3) is 10.9 Å². The van der Waals surface area contributed by atoms with Crippen LogP contribution in [0.5, 0.6) is 0 Å². The third-order valence-electron chi connectivity index (χ3n) is 3.21. The first-order valence-corrected chi connectivity index (χ1v) is 6.37. The Labute approximate surface area is 108 Å². The van der Waals surface area contributed by atoms with Crippen LogP contribution in [0, 0.1) is 5.92 Å². The third kappa shape index (κ3) is 2.31. The van der Waals surface area contributed by atoms with E-state index >= 15 is 0 Å². The molecule has 0 bridgehead atoms. The Morgan fingerprint density at radius 2 is 2.00 bits per heavy atom. The van der Waals surface area contributed by atoms with Crippen LogP contribution >= 0.6 is 0 Å². The van der Waals surface area contributed by atoms with Crippen LogP contribution in [0.2, 0.25) is 0 Å². The lowest BCUT2D eigenvalue weighted by molar-refractivity contribution is 0.0941. The molecule has 0 saturated heterocycles. The number of fused-ring (bicyclic) bond motifs is 1. The molecule has 3 nitrogen and oxygen atoms in total. The lowest BCUT2D eigenvalue weighted by atomic mass is 9.97. The second-order valence-electron chi connectivity index (χ2n) is 5.23. The summed E-state index contributed by atoms with van der Waals surface area (Å²) in [7, 11) is 0. The molecular formula is C15H20N2O. The van der Waals surface area contributed by atoms with Gasteiger partial charge in [0.1, 0.15) is 0 Å². The molecule has 2 rings (SSSR count). The quantitative estimate of drug-likeness (QED) is 0.900. The standard InChI is InChI=1S/C15H20N2O/c1-10(2)8-14(16)13-9-17(11(3)18)15-7-5-4-6-12(13)15/h4-7,9-10,14H,8,16H2,1-3H3/t14-/m1/s1. The van der Waals surface area contributed by atoms with Crippen molar-refractivity contribution in [3.05, 3.63) is 36.0 Å². The first-order chi connectivity index (χ1) is 8.50. The summed E-state index contributed by atoms with van der Waals surface area (Å²) in [5, 5.41) is 1.08. The molecule has 1 aromatic heterocycles. The van der Waals surface area contributed by atoms with Crippen LogP contribution in [-0.2, 0) is 0 Å². The van der Waals surface area contributed by atoms with Gasteiger partial charge < -0.3 is 5.73 Å². The molecular weight excluding hydrogens is 224 g/mol. The van der Waals surface area contributed by atoms with Crippen molar-refractivity contribution in [1.82, 2.24) is 4.57 Å². The second kappa shape index (κ2) is 4.94. The number of rotatable bonds is 3. The highest BCUT2D eigenvalue weighted by molar-refractivity contribution is 5.93. The van der Waals surface area contributed by atoms with Crippen LogP contribution in [0.1, 0.15) is 43.6 Å². The number of carbonyl (C=O) groups is 1. The minimum absolute atomic E-state index is 0.0181. The molecule has 0 unspecified atom stereocenters. The molecule has 96 valence electrons. The Hall–Kier alpha value is -1.61. The van der Waals surface area contributed by atoms with E-state index in [9.17, 15) is 4.79 Å². The number of para-hydroxylation sites is 1. The number of hydrogen-bond donors (Lipinski definition) is 1. The van der Waals surface area contributed by atoms with E-state index in [1.807, 2.05) is 30.5 Å². The van der Waals surface area contributed by atoms with Gasteiger partial charge in [-0.25, -0.2) is 0 Å². The lowest BCUT2D eigenvalue weighted by Crippen LogP contribution is -2.12. The monoisotopic (exact) mass is 244 g/mol. The number of benzene rings is 1. The Morgan fingerprint density at radius 3 is 2.61 bits per heavy atom. The van der Waals surface area contributed by atoms with E-state index < -0.39 is 0 Å². The van der Waals surface area contributed by atoms with E-state index in [-0.39, 0.29) is 11.9 Å². The van der Waals surface area contributed by atoms with Crippen molar-refractivity contribution in [2.75, 3.05) is 0 Å². The zero-order valence-corrected chi connectivity index (χ0v) is 11.2. The molecule has 2 aromatic rings. The summed E-state index contributed by atoms with van der Waals surface area (Å²) in [6.07, 6.45) is 2.81. The average Bonchev–Trinajstić information content (AvgIpc) is 2.67. The zero-order valence-electron chi connectivity index (χ0n) is 11.2. The maximum atomic E-state index is 11.6. The van der Waals surface area contributed by atoms with Crippen molar-refractivity contribution in [3.63, 3.8) is 0 Å². The predicted octanol–water partition coefficient (Wildman–Crippen LogP) is 3.35. The van der Waals surface area contributed by atoms with Crippen molar-refractivity contribution in [1.29, 1.82) is 0 Å². The maximum Gasteiger partial charge on any atom is 0.227 e. The molecule has 1 atom stereocenters. The van der Waals surface area contributed by atoms with Crippen molar-refractivity contribution < 1.29 is 4.79 Å². The summed E-state index contributed by atoms with van der Waals surface area (Å²) < 4.78 is 1.69. The molecule has 0 amide bonds. The number of nitrogens with two attached hydrogens (primary N) is 1. The van der Waals surface area contributed by atoms with Crippen LogP contribution in [-0.4, -0.2) is 10.5 Å². The molecule has 0 aliphatic carbocycles. The minimum atomic E-state index is -0.0181. The second-order valence-corrected chi connectivity index (χ2v) is 5.23. The van der Waals surface area contributed by atoms with Gasteiger partial charge in [-0.2, -0.15) is 0 Å². The van der Waals surface area contributed by atoms with Crippen molar-refractivity contribution in [3.8, 4) is 0 Å².